The molecule has 6 heteroatoms. The van der Waals surface area contributed by atoms with Crippen LogP contribution in [0.1, 0.15) is 23.7 Å². The third-order valence-corrected chi connectivity index (χ3v) is 3.54. The molecule has 1 unspecified atom stereocenters. The number of aromatic nitrogens is 1. The Bertz CT molecular complexity index is 741. The van der Waals surface area contributed by atoms with E-state index in [-0.39, 0.29) is 24.2 Å². The number of pyridine rings is 1. The third kappa shape index (κ3) is 5.15. The Kier molecular flexibility index (Phi) is 6.01. The molecule has 0 radical (unpaired) electrons. The van der Waals surface area contributed by atoms with Gasteiger partial charge in [-0.15, -0.1) is 0 Å². The number of carbonyl (C=O) groups is 1. The van der Waals surface area contributed by atoms with Crippen LogP contribution in [0.2, 0.25) is 0 Å². The van der Waals surface area contributed by atoms with E-state index in [9.17, 15) is 9.59 Å². The highest BCUT2D eigenvalue weighted by Crippen LogP contribution is 2.08. The molecule has 2 amide bonds. The van der Waals surface area contributed by atoms with E-state index in [4.69, 9.17) is 4.74 Å². The van der Waals surface area contributed by atoms with Gasteiger partial charge < -0.3 is 20.4 Å². The molecule has 2 aromatic rings. The fourth-order valence-corrected chi connectivity index (χ4v) is 2.32. The molecular formula is C18H23N3O3. The summed E-state index contributed by atoms with van der Waals surface area (Å²) in [5.74, 6) is 0.758. The Morgan fingerprint density at radius 3 is 2.62 bits per heavy atom. The summed E-state index contributed by atoms with van der Waals surface area (Å²) in [4.78, 5) is 26.6. The van der Waals surface area contributed by atoms with Crippen molar-refractivity contribution in [2.45, 2.75) is 33.4 Å². The average Bonchev–Trinajstić information content (AvgIpc) is 2.53. The van der Waals surface area contributed by atoms with Gasteiger partial charge in [0.15, 0.2) is 0 Å². The van der Waals surface area contributed by atoms with E-state index in [1.165, 1.54) is 0 Å². The molecule has 0 saturated carbocycles. The molecule has 1 heterocycles. The van der Waals surface area contributed by atoms with Gasteiger partial charge in [0, 0.05) is 11.3 Å². The molecule has 0 bridgehead atoms. The SMILES string of the molecule is Cc1cc(C)c(CNC(=O)NC(C)COc2ccccc2)c(=O)[nH]1. The van der Waals surface area contributed by atoms with Gasteiger partial charge in [0.25, 0.3) is 5.56 Å². The van der Waals surface area contributed by atoms with Crippen molar-refractivity contribution < 1.29 is 9.53 Å². The molecule has 0 saturated heterocycles. The lowest BCUT2D eigenvalue weighted by Gasteiger charge is -2.16. The number of hydrogen-bond acceptors (Lipinski definition) is 3. The first-order chi connectivity index (χ1) is 11.5. The van der Waals surface area contributed by atoms with Gasteiger partial charge in [0.05, 0.1) is 12.6 Å². The Morgan fingerprint density at radius 1 is 1.25 bits per heavy atom. The Labute approximate surface area is 141 Å². The summed E-state index contributed by atoms with van der Waals surface area (Å²) in [5.41, 5.74) is 2.05. The summed E-state index contributed by atoms with van der Waals surface area (Å²) in [6.45, 7) is 6.08. The van der Waals surface area contributed by atoms with E-state index in [0.717, 1.165) is 17.0 Å². The maximum Gasteiger partial charge on any atom is 0.315 e. The molecule has 0 spiro atoms. The van der Waals surface area contributed by atoms with Crippen molar-refractivity contribution >= 4 is 6.03 Å². The van der Waals surface area contributed by atoms with Gasteiger partial charge >= 0.3 is 6.03 Å². The molecule has 1 atom stereocenters. The smallest absolute Gasteiger partial charge is 0.315 e. The van der Waals surface area contributed by atoms with E-state index >= 15 is 0 Å². The summed E-state index contributed by atoms with van der Waals surface area (Å²) in [5, 5.41) is 5.49. The first-order valence-electron chi connectivity index (χ1n) is 7.87. The Hall–Kier alpha value is -2.76. The predicted octanol–water partition coefficient (Wildman–Crippen LogP) is 2.26. The minimum absolute atomic E-state index is 0.164. The largest absolute Gasteiger partial charge is 0.491 e. The summed E-state index contributed by atoms with van der Waals surface area (Å²) in [6.07, 6.45) is 0. The summed E-state index contributed by atoms with van der Waals surface area (Å²) in [6, 6.07) is 10.8. The van der Waals surface area contributed by atoms with Gasteiger partial charge in [-0.2, -0.15) is 0 Å². The molecule has 0 fully saturated rings. The lowest BCUT2D eigenvalue weighted by Crippen LogP contribution is -2.43. The van der Waals surface area contributed by atoms with Gasteiger partial charge in [0.2, 0.25) is 0 Å². The van der Waals surface area contributed by atoms with Crippen molar-refractivity contribution in [2.24, 2.45) is 0 Å². The molecule has 128 valence electrons. The highest BCUT2D eigenvalue weighted by atomic mass is 16.5. The van der Waals surface area contributed by atoms with Crippen LogP contribution in [0.15, 0.2) is 41.2 Å². The standard InChI is InChI=1S/C18H23N3O3/c1-12-9-13(2)20-17(22)16(12)10-19-18(23)21-14(3)11-24-15-7-5-4-6-8-15/h4-9,14H,10-11H2,1-3H3,(H,20,22)(H2,19,21,23). The lowest BCUT2D eigenvalue weighted by atomic mass is 10.1. The zero-order valence-electron chi connectivity index (χ0n) is 14.2. The Balaban J connectivity index is 1.80. The number of carbonyl (C=O) groups excluding carboxylic acids is 1. The van der Waals surface area contributed by atoms with Crippen LogP contribution in [-0.4, -0.2) is 23.7 Å². The van der Waals surface area contributed by atoms with Gasteiger partial charge in [-0.05, 0) is 44.5 Å². The van der Waals surface area contributed by atoms with Gasteiger partial charge in [-0.3, -0.25) is 4.79 Å². The van der Waals surface area contributed by atoms with Crippen LogP contribution in [0.5, 0.6) is 5.75 Å². The van der Waals surface area contributed by atoms with Gasteiger partial charge in [-0.1, -0.05) is 18.2 Å². The van der Waals surface area contributed by atoms with E-state index in [2.05, 4.69) is 15.6 Å². The monoisotopic (exact) mass is 329 g/mol. The molecule has 6 nitrogen and oxygen atoms in total. The number of ether oxygens (including phenoxy) is 1. The minimum Gasteiger partial charge on any atom is -0.491 e. The second-order valence-corrected chi connectivity index (χ2v) is 5.80. The number of para-hydroxylation sites is 1. The predicted molar refractivity (Wildman–Crippen MR) is 93.3 cm³/mol. The zero-order chi connectivity index (χ0) is 17.5. The number of H-pyrrole nitrogens is 1. The molecule has 2 rings (SSSR count). The quantitative estimate of drug-likeness (QED) is 0.760. The van der Waals surface area contributed by atoms with Crippen molar-refractivity contribution in [1.29, 1.82) is 0 Å². The first kappa shape index (κ1) is 17.6. The molecule has 1 aromatic heterocycles. The van der Waals surface area contributed by atoms with Crippen molar-refractivity contribution in [2.75, 3.05) is 6.61 Å². The molecular weight excluding hydrogens is 306 g/mol. The number of hydrogen-bond donors (Lipinski definition) is 3. The average molecular weight is 329 g/mol. The normalized spacial score (nSPS) is 11.6. The number of benzene rings is 1. The number of amides is 2. The maximum absolute atomic E-state index is 11.9. The summed E-state index contributed by atoms with van der Waals surface area (Å²) in [7, 11) is 0. The fourth-order valence-electron chi connectivity index (χ4n) is 2.32. The molecule has 3 N–H and O–H groups in total. The number of aryl methyl sites for hydroxylation is 2. The van der Waals surface area contributed by atoms with E-state index in [1.54, 1.807) is 0 Å². The molecule has 0 aliphatic heterocycles. The number of nitrogens with one attached hydrogen (secondary N) is 3. The van der Waals surface area contributed by atoms with Crippen molar-refractivity contribution in [1.82, 2.24) is 15.6 Å². The van der Waals surface area contributed by atoms with Crippen LogP contribution in [0.4, 0.5) is 4.79 Å². The van der Waals surface area contributed by atoms with Crippen LogP contribution < -0.4 is 20.9 Å². The molecule has 1 aromatic carbocycles. The van der Waals surface area contributed by atoms with Crippen LogP contribution in [0.25, 0.3) is 0 Å². The summed E-state index contributed by atoms with van der Waals surface area (Å²) >= 11 is 0. The first-order valence-corrected chi connectivity index (χ1v) is 7.87. The van der Waals surface area contributed by atoms with E-state index in [1.807, 2.05) is 57.2 Å². The van der Waals surface area contributed by atoms with Crippen LogP contribution in [0.3, 0.4) is 0 Å². The van der Waals surface area contributed by atoms with Crippen molar-refractivity contribution in [3.05, 3.63) is 63.6 Å². The topological polar surface area (TPSA) is 83.2 Å². The highest BCUT2D eigenvalue weighted by Gasteiger charge is 2.10. The maximum atomic E-state index is 11.9. The van der Waals surface area contributed by atoms with Crippen LogP contribution >= 0.6 is 0 Å². The lowest BCUT2D eigenvalue weighted by molar-refractivity contribution is 0.226. The number of rotatable bonds is 6. The third-order valence-electron chi connectivity index (χ3n) is 3.54. The van der Waals surface area contributed by atoms with Crippen LogP contribution in [-0.2, 0) is 6.54 Å². The summed E-state index contributed by atoms with van der Waals surface area (Å²) < 4.78 is 5.59. The van der Waals surface area contributed by atoms with E-state index in [0.29, 0.717) is 12.2 Å². The highest BCUT2D eigenvalue weighted by molar-refractivity contribution is 5.74. The fraction of sp³-hybridized carbons (Fsp3) is 0.333. The van der Waals surface area contributed by atoms with Crippen molar-refractivity contribution in [3.8, 4) is 5.75 Å². The Morgan fingerprint density at radius 2 is 1.96 bits per heavy atom. The second-order valence-electron chi connectivity index (χ2n) is 5.80. The molecule has 24 heavy (non-hydrogen) atoms. The number of aromatic amines is 1. The van der Waals surface area contributed by atoms with Crippen molar-refractivity contribution in [3.63, 3.8) is 0 Å². The van der Waals surface area contributed by atoms with Gasteiger partial charge in [0.1, 0.15) is 12.4 Å². The molecule has 0 aliphatic rings. The minimum atomic E-state index is -0.335. The van der Waals surface area contributed by atoms with Crippen LogP contribution in [0, 0.1) is 13.8 Å². The number of urea groups is 1. The van der Waals surface area contributed by atoms with E-state index < -0.39 is 0 Å². The molecule has 0 aliphatic carbocycles. The second kappa shape index (κ2) is 8.19. The zero-order valence-corrected chi connectivity index (χ0v) is 14.2. The van der Waals surface area contributed by atoms with Gasteiger partial charge in [-0.25, -0.2) is 4.79 Å².